The van der Waals surface area contributed by atoms with Crippen molar-refractivity contribution in [2.24, 2.45) is 11.7 Å². The summed E-state index contributed by atoms with van der Waals surface area (Å²) in [5.74, 6) is 0.849. The van der Waals surface area contributed by atoms with Crippen LogP contribution in [0.4, 0.5) is 0 Å². The van der Waals surface area contributed by atoms with E-state index in [4.69, 9.17) is 10.7 Å². The topological polar surface area (TPSA) is 64.2 Å². The number of amides is 1. The SMILES string of the molecule is CCC1CCN(C(=O)[C@@H](N)CCCc2cn(C(c3ccccc3)(c3ccccc3)c3ccccc3)cn2)CC1. The number of aromatic nitrogens is 2. The van der Waals surface area contributed by atoms with E-state index >= 15 is 0 Å². The minimum absolute atomic E-state index is 0.103. The second-order valence-electron chi connectivity index (χ2n) is 10.8. The second kappa shape index (κ2) is 12.4. The molecule has 1 saturated heterocycles. The third-order valence-electron chi connectivity index (χ3n) is 8.37. The van der Waals surface area contributed by atoms with Crippen LogP contribution in [0.1, 0.15) is 61.4 Å². The normalized spacial score (nSPS) is 15.3. The molecule has 39 heavy (non-hydrogen) atoms. The Morgan fingerprint density at radius 3 is 1.90 bits per heavy atom. The first kappa shape index (κ1) is 26.9. The zero-order chi connectivity index (χ0) is 27.1. The van der Waals surface area contributed by atoms with Crippen molar-refractivity contribution >= 4 is 5.91 Å². The number of carbonyl (C=O) groups is 1. The summed E-state index contributed by atoms with van der Waals surface area (Å²) in [5, 5.41) is 0. The summed E-state index contributed by atoms with van der Waals surface area (Å²) in [5.41, 5.74) is 10.3. The number of likely N-dealkylation sites (tertiary alicyclic amines) is 1. The van der Waals surface area contributed by atoms with Crippen LogP contribution in [0, 0.1) is 5.92 Å². The molecule has 5 rings (SSSR count). The van der Waals surface area contributed by atoms with Crippen LogP contribution in [0.5, 0.6) is 0 Å². The fourth-order valence-electron chi connectivity index (χ4n) is 6.08. The molecule has 1 amide bonds. The first-order valence-corrected chi connectivity index (χ1v) is 14.4. The molecule has 202 valence electrons. The number of hydrogen-bond donors (Lipinski definition) is 1. The summed E-state index contributed by atoms with van der Waals surface area (Å²) >= 11 is 0. The molecular formula is C34H40N4O. The van der Waals surface area contributed by atoms with Crippen molar-refractivity contribution in [3.63, 3.8) is 0 Å². The van der Waals surface area contributed by atoms with Gasteiger partial charge in [-0.25, -0.2) is 4.98 Å². The molecule has 0 bridgehead atoms. The lowest BCUT2D eigenvalue weighted by Gasteiger charge is -2.37. The number of hydrogen-bond acceptors (Lipinski definition) is 3. The highest BCUT2D eigenvalue weighted by Gasteiger charge is 2.38. The van der Waals surface area contributed by atoms with Gasteiger partial charge in [0, 0.05) is 19.3 Å². The zero-order valence-corrected chi connectivity index (χ0v) is 23.0. The molecule has 0 saturated carbocycles. The van der Waals surface area contributed by atoms with Crippen LogP contribution in [0.3, 0.4) is 0 Å². The molecule has 0 spiro atoms. The third kappa shape index (κ3) is 5.69. The van der Waals surface area contributed by atoms with Gasteiger partial charge in [0.25, 0.3) is 0 Å². The Bertz CT molecular complexity index is 1210. The van der Waals surface area contributed by atoms with E-state index in [0.29, 0.717) is 6.42 Å². The van der Waals surface area contributed by atoms with E-state index in [0.717, 1.165) is 50.4 Å². The molecular weight excluding hydrogens is 480 g/mol. The predicted molar refractivity (Wildman–Crippen MR) is 157 cm³/mol. The summed E-state index contributed by atoms with van der Waals surface area (Å²) in [6.07, 6.45) is 9.77. The number of piperidine rings is 1. The van der Waals surface area contributed by atoms with Crippen molar-refractivity contribution < 1.29 is 4.79 Å². The molecule has 5 heteroatoms. The Morgan fingerprint density at radius 1 is 0.897 bits per heavy atom. The monoisotopic (exact) mass is 520 g/mol. The molecule has 4 aromatic rings. The van der Waals surface area contributed by atoms with Crippen LogP contribution in [0.15, 0.2) is 104 Å². The van der Waals surface area contributed by atoms with Crippen molar-refractivity contribution in [2.45, 2.75) is 57.0 Å². The van der Waals surface area contributed by atoms with Gasteiger partial charge in [-0.1, -0.05) is 104 Å². The summed E-state index contributed by atoms with van der Waals surface area (Å²) < 4.78 is 2.24. The summed E-state index contributed by atoms with van der Waals surface area (Å²) in [6, 6.07) is 31.4. The van der Waals surface area contributed by atoms with Gasteiger partial charge in [-0.3, -0.25) is 4.79 Å². The fraction of sp³-hybridized carbons (Fsp3) is 0.353. The van der Waals surface area contributed by atoms with Gasteiger partial charge in [0.2, 0.25) is 5.91 Å². The number of rotatable bonds is 10. The Morgan fingerprint density at radius 2 is 1.41 bits per heavy atom. The predicted octanol–water partition coefficient (Wildman–Crippen LogP) is 6.02. The zero-order valence-electron chi connectivity index (χ0n) is 23.0. The lowest BCUT2D eigenvalue weighted by atomic mass is 9.77. The lowest BCUT2D eigenvalue weighted by molar-refractivity contribution is -0.134. The number of nitrogens with zero attached hydrogens (tertiary/aromatic N) is 3. The fourth-order valence-corrected chi connectivity index (χ4v) is 6.08. The van der Waals surface area contributed by atoms with Gasteiger partial charge in [-0.2, -0.15) is 0 Å². The minimum atomic E-state index is -0.563. The maximum Gasteiger partial charge on any atom is 0.239 e. The van der Waals surface area contributed by atoms with Crippen molar-refractivity contribution in [2.75, 3.05) is 13.1 Å². The van der Waals surface area contributed by atoms with Gasteiger partial charge < -0.3 is 15.2 Å². The van der Waals surface area contributed by atoms with E-state index < -0.39 is 11.6 Å². The number of carbonyl (C=O) groups excluding carboxylic acids is 1. The van der Waals surface area contributed by atoms with Crippen molar-refractivity contribution in [3.8, 4) is 0 Å². The van der Waals surface area contributed by atoms with Gasteiger partial charge in [0.05, 0.1) is 18.1 Å². The highest BCUT2D eigenvalue weighted by atomic mass is 16.2. The maximum atomic E-state index is 12.9. The third-order valence-corrected chi connectivity index (χ3v) is 8.37. The van der Waals surface area contributed by atoms with Gasteiger partial charge in [-0.05, 0) is 54.7 Å². The van der Waals surface area contributed by atoms with Crippen LogP contribution in [0.2, 0.25) is 0 Å². The molecule has 3 aromatic carbocycles. The minimum Gasteiger partial charge on any atom is -0.341 e. The Balaban J connectivity index is 1.36. The molecule has 1 aliphatic heterocycles. The molecule has 1 fully saturated rings. The Labute approximate surface area is 232 Å². The smallest absolute Gasteiger partial charge is 0.239 e. The maximum absolute atomic E-state index is 12.9. The first-order valence-electron chi connectivity index (χ1n) is 14.4. The van der Waals surface area contributed by atoms with Crippen LogP contribution < -0.4 is 5.73 Å². The van der Waals surface area contributed by atoms with E-state index in [-0.39, 0.29) is 5.91 Å². The summed E-state index contributed by atoms with van der Waals surface area (Å²) in [4.78, 5) is 19.7. The second-order valence-corrected chi connectivity index (χ2v) is 10.8. The molecule has 1 atom stereocenters. The molecule has 0 unspecified atom stereocenters. The number of aryl methyl sites for hydroxylation is 1. The lowest BCUT2D eigenvalue weighted by Crippen LogP contribution is -2.47. The number of imidazole rings is 1. The molecule has 1 aromatic heterocycles. The van der Waals surface area contributed by atoms with E-state index in [2.05, 4.69) is 109 Å². The van der Waals surface area contributed by atoms with Gasteiger partial charge in [0.15, 0.2) is 0 Å². The average Bonchev–Trinajstić information content (AvgIpc) is 3.48. The summed E-state index contributed by atoms with van der Waals surface area (Å²) in [7, 11) is 0. The van der Waals surface area contributed by atoms with Crippen molar-refractivity contribution in [3.05, 3.63) is 126 Å². The average molecular weight is 521 g/mol. The molecule has 0 radical (unpaired) electrons. The van der Waals surface area contributed by atoms with Gasteiger partial charge >= 0.3 is 0 Å². The quantitative estimate of drug-likeness (QED) is 0.260. The van der Waals surface area contributed by atoms with E-state index in [1.54, 1.807) is 0 Å². The standard InChI is InChI=1S/C34H40N4O/c1-2-27-21-23-37(24-22-27)33(39)32(35)20-12-19-31-25-38(26-36-31)34(28-13-6-3-7-14-28,29-15-8-4-9-16-29)30-17-10-5-11-18-30/h3-11,13-18,25-27,32H,2,12,19-24,35H2,1H3/t32-/m0/s1. The largest absolute Gasteiger partial charge is 0.341 e. The molecule has 2 N–H and O–H groups in total. The first-order chi connectivity index (χ1) is 19.1. The molecule has 2 heterocycles. The highest BCUT2D eigenvalue weighted by Crippen LogP contribution is 2.40. The Kier molecular flexibility index (Phi) is 8.58. The molecule has 1 aliphatic rings. The van der Waals surface area contributed by atoms with Gasteiger partial charge in [0.1, 0.15) is 5.54 Å². The Hall–Kier alpha value is -3.70. The van der Waals surface area contributed by atoms with E-state index in [9.17, 15) is 4.79 Å². The highest BCUT2D eigenvalue weighted by molar-refractivity contribution is 5.81. The number of benzene rings is 3. The van der Waals surface area contributed by atoms with Crippen LogP contribution in [-0.2, 0) is 16.8 Å². The summed E-state index contributed by atoms with van der Waals surface area (Å²) in [6.45, 7) is 3.92. The van der Waals surface area contributed by atoms with Gasteiger partial charge in [-0.15, -0.1) is 0 Å². The number of nitrogens with two attached hydrogens (primary N) is 1. The van der Waals surface area contributed by atoms with Crippen LogP contribution >= 0.6 is 0 Å². The van der Waals surface area contributed by atoms with E-state index in [1.165, 1.54) is 23.1 Å². The van der Waals surface area contributed by atoms with Crippen molar-refractivity contribution in [1.29, 1.82) is 0 Å². The molecule has 0 aliphatic carbocycles. The van der Waals surface area contributed by atoms with Crippen LogP contribution in [0.25, 0.3) is 0 Å². The van der Waals surface area contributed by atoms with E-state index in [1.807, 2.05) is 11.2 Å². The van der Waals surface area contributed by atoms with Crippen molar-refractivity contribution in [1.82, 2.24) is 14.5 Å². The molecule has 5 nitrogen and oxygen atoms in total. The van der Waals surface area contributed by atoms with Crippen LogP contribution in [-0.4, -0.2) is 39.5 Å².